The molecule has 1 aromatic heterocycles. The highest BCUT2D eigenvalue weighted by molar-refractivity contribution is 6.31. The maximum atomic E-state index is 12.2. The zero-order valence-electron chi connectivity index (χ0n) is 15.9. The first-order valence-electron chi connectivity index (χ1n) is 9.02. The van der Waals surface area contributed by atoms with E-state index < -0.39 is 0 Å². The summed E-state index contributed by atoms with van der Waals surface area (Å²) in [6.07, 6.45) is 1.35. The molecule has 0 bridgehead atoms. The van der Waals surface area contributed by atoms with Crippen LogP contribution in [-0.4, -0.2) is 17.4 Å². The van der Waals surface area contributed by atoms with Crippen molar-refractivity contribution in [2.24, 2.45) is 5.41 Å². The summed E-state index contributed by atoms with van der Waals surface area (Å²) in [5.41, 5.74) is 4.23. The maximum Gasteiger partial charge on any atom is 0.226 e. The van der Waals surface area contributed by atoms with Gasteiger partial charge in [0.1, 0.15) is 5.82 Å². The van der Waals surface area contributed by atoms with Crippen LogP contribution < -0.4 is 10.2 Å². The first kappa shape index (κ1) is 18.7. The zero-order chi connectivity index (χ0) is 18.9. The molecular formula is C21H26ClN3O. The van der Waals surface area contributed by atoms with Gasteiger partial charge in [-0.05, 0) is 35.6 Å². The molecule has 2 aromatic rings. The number of nitrogens with one attached hydrogen (secondary N) is 1. The first-order chi connectivity index (χ1) is 12.2. The Morgan fingerprint density at radius 3 is 2.73 bits per heavy atom. The van der Waals surface area contributed by atoms with E-state index in [0.29, 0.717) is 12.2 Å². The number of rotatable bonds is 4. The number of anilines is 2. The van der Waals surface area contributed by atoms with E-state index in [-0.39, 0.29) is 11.3 Å². The summed E-state index contributed by atoms with van der Waals surface area (Å²) in [5, 5.41) is 3.77. The summed E-state index contributed by atoms with van der Waals surface area (Å²) in [7, 11) is 0. The van der Waals surface area contributed by atoms with Crippen molar-refractivity contribution in [2.75, 3.05) is 16.8 Å². The molecule has 1 N–H and O–H groups in total. The van der Waals surface area contributed by atoms with Crippen LogP contribution in [0.1, 0.15) is 44.0 Å². The summed E-state index contributed by atoms with van der Waals surface area (Å²) in [6.45, 7) is 9.84. The Kier molecular flexibility index (Phi) is 5.24. The number of benzene rings is 1. The number of halogens is 1. The van der Waals surface area contributed by atoms with Crippen molar-refractivity contribution in [3.63, 3.8) is 0 Å². The van der Waals surface area contributed by atoms with Crippen molar-refractivity contribution in [2.45, 2.75) is 47.1 Å². The van der Waals surface area contributed by atoms with Gasteiger partial charge in [-0.25, -0.2) is 4.98 Å². The fourth-order valence-electron chi connectivity index (χ4n) is 3.24. The molecule has 1 aliphatic heterocycles. The van der Waals surface area contributed by atoms with Gasteiger partial charge < -0.3 is 10.2 Å². The molecule has 3 rings (SSSR count). The van der Waals surface area contributed by atoms with Gasteiger partial charge in [-0.3, -0.25) is 4.79 Å². The van der Waals surface area contributed by atoms with E-state index in [9.17, 15) is 4.79 Å². The number of aromatic nitrogens is 1. The van der Waals surface area contributed by atoms with Gasteiger partial charge in [-0.1, -0.05) is 50.6 Å². The monoisotopic (exact) mass is 371 g/mol. The molecule has 2 heterocycles. The van der Waals surface area contributed by atoms with E-state index in [2.05, 4.69) is 43.1 Å². The summed E-state index contributed by atoms with van der Waals surface area (Å²) in [6, 6.07) is 10.1. The summed E-state index contributed by atoms with van der Waals surface area (Å²) < 4.78 is 0. The van der Waals surface area contributed by atoms with Crippen LogP contribution in [0.5, 0.6) is 0 Å². The molecule has 0 aliphatic carbocycles. The van der Waals surface area contributed by atoms with Crippen molar-refractivity contribution in [3.05, 3.63) is 52.2 Å². The Hall–Kier alpha value is -2.07. The molecule has 0 unspecified atom stereocenters. The minimum absolute atomic E-state index is 0.0129. The van der Waals surface area contributed by atoms with Crippen LogP contribution in [0, 0.1) is 12.3 Å². The molecule has 0 saturated carbocycles. The van der Waals surface area contributed by atoms with Gasteiger partial charge in [0.25, 0.3) is 0 Å². The molecule has 1 amide bonds. The molecule has 138 valence electrons. The van der Waals surface area contributed by atoms with Gasteiger partial charge in [-0.15, -0.1) is 0 Å². The average molecular weight is 372 g/mol. The second-order valence-electron chi connectivity index (χ2n) is 8.17. The zero-order valence-corrected chi connectivity index (χ0v) is 16.7. The topological polar surface area (TPSA) is 45.2 Å². The third-order valence-corrected chi connectivity index (χ3v) is 4.86. The minimum atomic E-state index is -0.0412. The van der Waals surface area contributed by atoms with Crippen LogP contribution in [0.2, 0.25) is 5.02 Å². The number of aryl methyl sites for hydroxylation is 1. The minimum Gasteiger partial charge on any atom is -0.365 e. The third-order valence-electron chi connectivity index (χ3n) is 4.50. The second-order valence-corrected chi connectivity index (χ2v) is 8.58. The number of hydrogen-bond donors (Lipinski definition) is 1. The molecular weight excluding hydrogens is 346 g/mol. The van der Waals surface area contributed by atoms with E-state index in [1.807, 2.05) is 25.1 Å². The maximum absolute atomic E-state index is 12.2. The second kappa shape index (κ2) is 7.28. The molecule has 0 fully saturated rings. The summed E-state index contributed by atoms with van der Waals surface area (Å²) in [4.78, 5) is 19.3. The van der Waals surface area contributed by atoms with Gasteiger partial charge in [-0.2, -0.15) is 0 Å². The van der Waals surface area contributed by atoms with Crippen LogP contribution in [0.3, 0.4) is 0 Å². The van der Waals surface area contributed by atoms with E-state index in [1.54, 1.807) is 0 Å². The fraction of sp³-hybridized carbons (Fsp3) is 0.429. The predicted octanol–water partition coefficient (Wildman–Crippen LogP) is 4.98. The highest BCUT2D eigenvalue weighted by atomic mass is 35.5. The molecule has 0 saturated heterocycles. The number of hydrogen-bond acceptors (Lipinski definition) is 3. The lowest BCUT2D eigenvalue weighted by atomic mass is 9.92. The van der Waals surface area contributed by atoms with Crippen LogP contribution in [0.25, 0.3) is 0 Å². The van der Waals surface area contributed by atoms with Crippen molar-refractivity contribution < 1.29 is 4.79 Å². The summed E-state index contributed by atoms with van der Waals surface area (Å²) >= 11 is 6.31. The number of fused-ring (bicyclic) bond motifs is 1. The lowest BCUT2D eigenvalue weighted by Crippen LogP contribution is -2.21. The number of carbonyl (C=O) groups excluding carboxylic acids is 1. The number of pyridine rings is 1. The molecule has 0 radical (unpaired) electrons. The Morgan fingerprint density at radius 1 is 1.31 bits per heavy atom. The van der Waals surface area contributed by atoms with E-state index in [4.69, 9.17) is 16.6 Å². The van der Waals surface area contributed by atoms with Gasteiger partial charge >= 0.3 is 0 Å². The fourth-order valence-corrected chi connectivity index (χ4v) is 3.43. The standard InChI is InChI=1S/C21H26ClN3O/c1-14-11-18-17(23-20(14)24-19(26)12-21(2,3)4)9-10-25(18)13-15-7-5-6-8-16(15)22/h5-8,11H,9-10,12-13H2,1-4H3,(H,23,24,26). The Labute approximate surface area is 160 Å². The SMILES string of the molecule is Cc1cc2c(nc1NC(=O)CC(C)(C)C)CCN2Cc1ccccc1Cl. The Bertz CT molecular complexity index is 826. The van der Waals surface area contributed by atoms with Crippen LogP contribution in [-0.2, 0) is 17.8 Å². The predicted molar refractivity (Wildman–Crippen MR) is 108 cm³/mol. The van der Waals surface area contributed by atoms with Crippen LogP contribution >= 0.6 is 11.6 Å². The van der Waals surface area contributed by atoms with Crippen LogP contribution in [0.4, 0.5) is 11.5 Å². The van der Waals surface area contributed by atoms with Gasteiger partial charge in [0.15, 0.2) is 0 Å². The molecule has 0 atom stereocenters. The molecule has 1 aromatic carbocycles. The Morgan fingerprint density at radius 2 is 2.04 bits per heavy atom. The van der Waals surface area contributed by atoms with Gasteiger partial charge in [0, 0.05) is 31.0 Å². The number of carbonyl (C=O) groups is 1. The highest BCUT2D eigenvalue weighted by Crippen LogP contribution is 2.32. The highest BCUT2D eigenvalue weighted by Gasteiger charge is 2.24. The van der Waals surface area contributed by atoms with E-state index in [0.717, 1.165) is 47.0 Å². The lowest BCUT2D eigenvalue weighted by Gasteiger charge is -2.21. The largest absolute Gasteiger partial charge is 0.365 e. The number of nitrogens with zero attached hydrogens (tertiary/aromatic N) is 2. The van der Waals surface area contributed by atoms with Crippen molar-refractivity contribution in [3.8, 4) is 0 Å². The van der Waals surface area contributed by atoms with Gasteiger partial charge in [0.05, 0.1) is 11.4 Å². The van der Waals surface area contributed by atoms with Crippen molar-refractivity contribution >= 4 is 29.0 Å². The Balaban J connectivity index is 1.77. The average Bonchev–Trinajstić information content (AvgIpc) is 2.90. The van der Waals surface area contributed by atoms with Crippen LogP contribution in [0.15, 0.2) is 30.3 Å². The normalized spacial score (nSPS) is 13.7. The molecule has 5 heteroatoms. The smallest absolute Gasteiger partial charge is 0.226 e. The molecule has 4 nitrogen and oxygen atoms in total. The van der Waals surface area contributed by atoms with Crippen molar-refractivity contribution in [1.82, 2.24) is 4.98 Å². The molecule has 1 aliphatic rings. The van der Waals surface area contributed by atoms with Gasteiger partial charge in [0.2, 0.25) is 5.91 Å². The lowest BCUT2D eigenvalue weighted by molar-refractivity contribution is -0.117. The molecule has 0 spiro atoms. The van der Waals surface area contributed by atoms with Crippen molar-refractivity contribution in [1.29, 1.82) is 0 Å². The quantitative estimate of drug-likeness (QED) is 0.824. The third kappa shape index (κ3) is 4.36. The summed E-state index contributed by atoms with van der Waals surface area (Å²) in [5.74, 6) is 0.691. The first-order valence-corrected chi connectivity index (χ1v) is 9.39. The number of amides is 1. The van der Waals surface area contributed by atoms with E-state index in [1.165, 1.54) is 0 Å². The van der Waals surface area contributed by atoms with E-state index >= 15 is 0 Å². The molecule has 26 heavy (non-hydrogen) atoms.